The third-order valence-corrected chi connectivity index (χ3v) is 6.99. The van der Waals surface area contributed by atoms with Crippen LogP contribution in [-0.4, -0.2) is 111 Å². The Hall–Kier alpha value is -5.85. The van der Waals surface area contributed by atoms with E-state index in [1.165, 1.54) is 0 Å². The lowest BCUT2D eigenvalue weighted by atomic mass is 9.92. The molecule has 5 unspecified atom stereocenters. The van der Waals surface area contributed by atoms with Crippen LogP contribution in [0.5, 0.6) is 51.7 Å². The van der Waals surface area contributed by atoms with E-state index in [4.69, 9.17) is 18.9 Å². The Morgan fingerprint density at radius 3 is 1.69 bits per heavy atom. The highest BCUT2D eigenvalue weighted by molar-refractivity contribution is 6.08. The van der Waals surface area contributed by atoms with E-state index in [9.17, 15) is 70.6 Å². The van der Waals surface area contributed by atoms with E-state index in [1.807, 2.05) is 0 Å². The second kappa shape index (κ2) is 11.0. The van der Waals surface area contributed by atoms with E-state index in [1.54, 1.807) is 0 Å². The molecule has 11 N–H and O–H groups in total. The van der Waals surface area contributed by atoms with Crippen molar-refractivity contribution < 1.29 is 89.5 Å². The first-order valence-electron chi connectivity index (χ1n) is 12.5. The number of phenolic OH excluding ortho intramolecular Hbond substituents is 9. The summed E-state index contributed by atoms with van der Waals surface area (Å²) in [6.07, 6.45) is -10.1. The van der Waals surface area contributed by atoms with E-state index in [2.05, 4.69) is 0 Å². The summed E-state index contributed by atoms with van der Waals surface area (Å²) < 4.78 is 20.9. The first-order valence-corrected chi connectivity index (χ1v) is 12.5. The predicted octanol–water partition coefficient (Wildman–Crippen LogP) is -0.297. The Morgan fingerprint density at radius 2 is 1.16 bits per heavy atom. The second-order valence-corrected chi connectivity index (χ2v) is 9.79. The minimum Gasteiger partial charge on any atom is -0.504 e. The van der Waals surface area contributed by atoms with Gasteiger partial charge in [-0.2, -0.15) is 0 Å². The average molecular weight is 634 g/mol. The Bertz CT molecular complexity index is 1730. The lowest BCUT2D eigenvalue weighted by molar-refractivity contribution is -0.284. The van der Waals surface area contributed by atoms with Gasteiger partial charge in [0.15, 0.2) is 46.4 Å². The molecule has 18 heteroatoms. The second-order valence-electron chi connectivity index (χ2n) is 9.79. The van der Waals surface area contributed by atoms with Crippen molar-refractivity contribution in [2.24, 2.45) is 0 Å². The normalized spacial score (nSPS) is 22.9. The number of carbonyl (C=O) groups is 3. The number of cyclic esters (lactones) is 1. The van der Waals surface area contributed by atoms with Crippen molar-refractivity contribution in [3.05, 3.63) is 41.0 Å². The molecule has 2 aliphatic heterocycles. The quantitative estimate of drug-likeness (QED) is 0.0979. The lowest BCUT2D eigenvalue weighted by Gasteiger charge is -2.41. The summed E-state index contributed by atoms with van der Waals surface area (Å²) in [4.78, 5) is 39.3. The van der Waals surface area contributed by atoms with E-state index < -0.39 is 135 Å². The fourth-order valence-corrected chi connectivity index (χ4v) is 4.72. The van der Waals surface area contributed by atoms with Crippen LogP contribution in [0.15, 0.2) is 24.3 Å². The molecule has 3 aromatic rings. The first kappa shape index (κ1) is 30.6. The van der Waals surface area contributed by atoms with Crippen molar-refractivity contribution in [3.8, 4) is 62.9 Å². The van der Waals surface area contributed by atoms with Gasteiger partial charge in [-0.25, -0.2) is 14.4 Å². The number of aliphatic hydroxyl groups is 2. The fourth-order valence-electron chi connectivity index (χ4n) is 4.72. The minimum absolute atomic E-state index is 0.539. The molecule has 5 rings (SSSR count). The Labute approximate surface area is 248 Å². The zero-order valence-electron chi connectivity index (χ0n) is 22.2. The third kappa shape index (κ3) is 5.07. The summed E-state index contributed by atoms with van der Waals surface area (Å²) in [5.74, 6) is -14.3. The number of aliphatic hydroxyl groups excluding tert-OH is 2. The van der Waals surface area contributed by atoms with Gasteiger partial charge >= 0.3 is 17.9 Å². The number of ether oxygens (including phenoxy) is 4. The molecule has 0 saturated carbocycles. The van der Waals surface area contributed by atoms with Gasteiger partial charge in [0.1, 0.15) is 24.9 Å². The van der Waals surface area contributed by atoms with Crippen molar-refractivity contribution in [1.29, 1.82) is 0 Å². The Kier molecular flexibility index (Phi) is 7.49. The smallest absolute Gasteiger partial charge is 0.340 e. The standard InChI is InChI=1S/C27H22O18/c28-9-1-6(2-10(29)16(9)32)24(39)45-27-22(38)21(37)23-13(43-27)5-42-25(40)7-3-11(30)17(33)19(35)14(7)15-8(26(41)44-23)4-12(31)18(34)20(15)36/h1-4,13,21-23,27-38H,5H2. The van der Waals surface area contributed by atoms with Gasteiger partial charge < -0.3 is 75.1 Å². The van der Waals surface area contributed by atoms with Crippen molar-refractivity contribution in [3.63, 3.8) is 0 Å². The van der Waals surface area contributed by atoms with Crippen molar-refractivity contribution in [2.45, 2.75) is 30.7 Å². The molecule has 1 fully saturated rings. The van der Waals surface area contributed by atoms with Crippen LogP contribution in [0.3, 0.4) is 0 Å². The molecule has 0 amide bonds. The zero-order chi connectivity index (χ0) is 33.1. The number of rotatable bonds is 2. The predicted molar refractivity (Wildman–Crippen MR) is 139 cm³/mol. The Morgan fingerprint density at radius 1 is 0.667 bits per heavy atom. The van der Waals surface area contributed by atoms with E-state index in [-0.39, 0.29) is 0 Å². The maximum atomic E-state index is 13.4. The molecular weight excluding hydrogens is 612 g/mol. The zero-order valence-corrected chi connectivity index (χ0v) is 22.2. The monoisotopic (exact) mass is 634 g/mol. The van der Waals surface area contributed by atoms with Crippen LogP contribution in [-0.2, 0) is 18.9 Å². The van der Waals surface area contributed by atoms with Crippen LogP contribution in [0.2, 0.25) is 0 Å². The molecule has 1 saturated heterocycles. The number of aromatic hydroxyl groups is 9. The topological polar surface area (TPSA) is 311 Å². The molecule has 5 atom stereocenters. The highest BCUT2D eigenvalue weighted by atomic mass is 16.7. The van der Waals surface area contributed by atoms with Crippen molar-refractivity contribution >= 4 is 17.9 Å². The summed E-state index contributed by atoms with van der Waals surface area (Å²) >= 11 is 0. The molecule has 0 aromatic heterocycles. The highest BCUT2D eigenvalue weighted by Crippen LogP contribution is 2.53. The molecule has 2 heterocycles. The van der Waals surface area contributed by atoms with Crippen LogP contribution in [0.25, 0.3) is 11.1 Å². The number of esters is 3. The highest BCUT2D eigenvalue weighted by Gasteiger charge is 2.50. The van der Waals surface area contributed by atoms with Gasteiger partial charge in [0.2, 0.25) is 17.8 Å². The van der Waals surface area contributed by atoms with E-state index in [0.717, 1.165) is 0 Å². The molecular formula is C27H22O18. The van der Waals surface area contributed by atoms with Gasteiger partial charge in [0, 0.05) is 11.1 Å². The fraction of sp³-hybridized carbons (Fsp3) is 0.222. The molecule has 0 bridgehead atoms. The van der Waals surface area contributed by atoms with Gasteiger partial charge in [-0.15, -0.1) is 0 Å². The van der Waals surface area contributed by atoms with Crippen molar-refractivity contribution in [1.82, 2.24) is 0 Å². The number of phenols is 9. The molecule has 238 valence electrons. The maximum Gasteiger partial charge on any atom is 0.340 e. The number of hydrogen-bond donors (Lipinski definition) is 11. The van der Waals surface area contributed by atoms with Crippen LogP contribution in [0.1, 0.15) is 31.1 Å². The average Bonchev–Trinajstić information content (AvgIpc) is 3.01. The summed E-state index contributed by atoms with van der Waals surface area (Å²) in [7, 11) is 0. The summed E-state index contributed by atoms with van der Waals surface area (Å²) in [6, 6.07) is 2.51. The van der Waals surface area contributed by atoms with Gasteiger partial charge in [0.25, 0.3) is 0 Å². The third-order valence-electron chi connectivity index (χ3n) is 6.99. The minimum atomic E-state index is -2.18. The molecule has 45 heavy (non-hydrogen) atoms. The van der Waals surface area contributed by atoms with E-state index >= 15 is 0 Å². The molecule has 3 aromatic carbocycles. The van der Waals surface area contributed by atoms with Crippen LogP contribution in [0.4, 0.5) is 0 Å². The number of fused-ring (bicyclic) bond motifs is 4. The molecule has 18 nitrogen and oxygen atoms in total. The summed E-state index contributed by atoms with van der Waals surface area (Å²) in [5.41, 5.74) is -3.99. The maximum absolute atomic E-state index is 13.4. The summed E-state index contributed by atoms with van der Waals surface area (Å²) in [6.45, 7) is -0.948. The molecule has 0 spiro atoms. The van der Waals surface area contributed by atoms with Gasteiger partial charge in [-0.3, -0.25) is 0 Å². The SMILES string of the molecule is O=C(OC1OC2COC(=O)c3cc(O)c(O)c(O)c3-c3c(cc(O)c(O)c3O)C(=O)OC2C(O)C1O)c1cc(O)c(O)c(O)c1. The summed E-state index contributed by atoms with van der Waals surface area (Å²) in [5, 5.41) is 112. The van der Waals surface area contributed by atoms with Crippen LogP contribution >= 0.6 is 0 Å². The van der Waals surface area contributed by atoms with Crippen molar-refractivity contribution in [2.75, 3.05) is 6.61 Å². The number of carbonyl (C=O) groups excluding carboxylic acids is 3. The van der Waals surface area contributed by atoms with Gasteiger partial charge in [-0.1, -0.05) is 0 Å². The van der Waals surface area contributed by atoms with Gasteiger partial charge in [-0.05, 0) is 24.3 Å². The van der Waals surface area contributed by atoms with Crippen LogP contribution in [0, 0.1) is 0 Å². The molecule has 2 aliphatic rings. The first-order chi connectivity index (χ1) is 21.1. The largest absolute Gasteiger partial charge is 0.504 e. The van der Waals surface area contributed by atoms with Gasteiger partial charge in [0.05, 0.1) is 16.7 Å². The Balaban J connectivity index is 1.57. The molecule has 0 aliphatic carbocycles. The van der Waals surface area contributed by atoms with E-state index in [0.29, 0.717) is 24.3 Å². The lowest BCUT2D eigenvalue weighted by Crippen LogP contribution is -2.61. The van der Waals surface area contributed by atoms with Crippen LogP contribution < -0.4 is 0 Å². The molecule has 0 radical (unpaired) electrons. The number of hydrogen-bond acceptors (Lipinski definition) is 18. The number of benzene rings is 3.